The minimum atomic E-state index is -0.511. The largest absolute Gasteiger partial charge is 0.461 e. The third-order valence-electron chi connectivity index (χ3n) is 3.63. The van der Waals surface area contributed by atoms with Crippen LogP contribution in [-0.4, -0.2) is 32.7 Å². The lowest BCUT2D eigenvalue weighted by Crippen LogP contribution is -2.05. The Kier molecular flexibility index (Phi) is 2.59. The zero-order valence-corrected chi connectivity index (χ0v) is 11.7. The predicted molar refractivity (Wildman–Crippen MR) is 77.8 cm³/mol. The Morgan fingerprint density at radius 2 is 2.05 bits per heavy atom. The van der Waals surface area contributed by atoms with Gasteiger partial charge in [0.2, 0.25) is 5.78 Å². The van der Waals surface area contributed by atoms with Gasteiger partial charge < -0.3 is 4.74 Å². The fourth-order valence-electron chi connectivity index (χ4n) is 2.69. The van der Waals surface area contributed by atoms with Crippen molar-refractivity contribution in [1.29, 1.82) is 0 Å². The molecule has 1 aliphatic rings. The molecule has 2 heterocycles. The van der Waals surface area contributed by atoms with Gasteiger partial charge in [-0.1, -0.05) is 24.3 Å². The number of nitrogens with zero attached hydrogens (tertiary/aromatic N) is 3. The highest BCUT2D eigenvalue weighted by molar-refractivity contribution is 6.20. The van der Waals surface area contributed by atoms with Gasteiger partial charge in [-0.25, -0.2) is 14.8 Å². The number of rotatable bonds is 2. The number of benzene rings is 1. The number of hydrogen-bond acceptors (Lipinski definition) is 5. The average molecular weight is 293 g/mol. The molecule has 108 valence electrons. The second-order valence-electron chi connectivity index (χ2n) is 4.90. The molecule has 1 aromatic carbocycles. The molecule has 3 aromatic rings. The van der Waals surface area contributed by atoms with E-state index < -0.39 is 5.97 Å². The molecule has 6 nitrogen and oxygen atoms in total. The van der Waals surface area contributed by atoms with Crippen LogP contribution >= 0.6 is 0 Å². The van der Waals surface area contributed by atoms with Crippen LogP contribution in [0.3, 0.4) is 0 Å². The minimum Gasteiger partial charge on any atom is -0.461 e. The SMILES string of the molecule is CCOC(=O)c1cn2c3c(ncc2n1)-c1ccccc1C3=O. The molecule has 6 heteroatoms. The zero-order valence-electron chi connectivity index (χ0n) is 11.7. The van der Waals surface area contributed by atoms with Crippen molar-refractivity contribution in [2.24, 2.45) is 0 Å². The van der Waals surface area contributed by atoms with E-state index in [1.54, 1.807) is 23.6 Å². The van der Waals surface area contributed by atoms with E-state index in [4.69, 9.17) is 4.74 Å². The number of aromatic nitrogens is 3. The molecule has 1 aliphatic carbocycles. The zero-order chi connectivity index (χ0) is 15.3. The topological polar surface area (TPSA) is 73.6 Å². The van der Waals surface area contributed by atoms with Crippen LogP contribution in [0.25, 0.3) is 16.9 Å². The van der Waals surface area contributed by atoms with E-state index in [2.05, 4.69) is 9.97 Å². The lowest BCUT2D eigenvalue weighted by molar-refractivity contribution is 0.0520. The van der Waals surface area contributed by atoms with Crippen LogP contribution in [0.5, 0.6) is 0 Å². The fraction of sp³-hybridized carbons (Fsp3) is 0.125. The molecule has 0 amide bonds. The minimum absolute atomic E-state index is 0.114. The van der Waals surface area contributed by atoms with Gasteiger partial charge in [0.1, 0.15) is 5.69 Å². The molecule has 0 saturated carbocycles. The number of ether oxygens (including phenoxy) is 1. The molecular weight excluding hydrogens is 282 g/mol. The second-order valence-corrected chi connectivity index (χ2v) is 4.90. The highest BCUT2D eigenvalue weighted by Crippen LogP contribution is 2.34. The monoisotopic (exact) mass is 293 g/mol. The van der Waals surface area contributed by atoms with Crippen molar-refractivity contribution in [1.82, 2.24) is 14.4 Å². The summed E-state index contributed by atoms with van der Waals surface area (Å²) in [4.78, 5) is 32.9. The number of carbonyl (C=O) groups excluding carboxylic acids is 2. The van der Waals surface area contributed by atoms with E-state index in [1.165, 1.54) is 6.20 Å². The summed E-state index contributed by atoms with van der Waals surface area (Å²) in [5.41, 5.74) is 3.08. The number of fused-ring (bicyclic) bond motifs is 5. The van der Waals surface area contributed by atoms with Gasteiger partial charge in [-0.2, -0.15) is 0 Å². The Bertz CT molecular complexity index is 943. The molecule has 22 heavy (non-hydrogen) atoms. The van der Waals surface area contributed by atoms with Gasteiger partial charge in [-0.05, 0) is 6.92 Å². The summed E-state index contributed by atoms with van der Waals surface area (Å²) >= 11 is 0. The van der Waals surface area contributed by atoms with Crippen LogP contribution in [0.4, 0.5) is 0 Å². The highest BCUT2D eigenvalue weighted by Gasteiger charge is 2.30. The molecule has 0 aliphatic heterocycles. The second kappa shape index (κ2) is 4.49. The summed E-state index contributed by atoms with van der Waals surface area (Å²) in [6.45, 7) is 2.00. The summed E-state index contributed by atoms with van der Waals surface area (Å²) in [7, 11) is 0. The third kappa shape index (κ3) is 1.60. The molecular formula is C16H11N3O3. The third-order valence-corrected chi connectivity index (χ3v) is 3.63. The smallest absolute Gasteiger partial charge is 0.358 e. The predicted octanol–water partition coefficient (Wildman–Crippen LogP) is 2.12. The average Bonchev–Trinajstić information content (AvgIpc) is 3.08. The van der Waals surface area contributed by atoms with Crippen LogP contribution in [0, 0.1) is 0 Å². The summed E-state index contributed by atoms with van der Waals surface area (Å²) < 4.78 is 6.55. The van der Waals surface area contributed by atoms with Crippen LogP contribution in [0.15, 0.2) is 36.7 Å². The summed E-state index contributed by atoms with van der Waals surface area (Å²) in [5.74, 6) is -0.626. The van der Waals surface area contributed by atoms with Gasteiger partial charge in [0.25, 0.3) is 0 Å². The Balaban J connectivity index is 1.95. The summed E-state index contributed by atoms with van der Waals surface area (Å²) in [6, 6.07) is 7.32. The Morgan fingerprint density at radius 1 is 1.27 bits per heavy atom. The van der Waals surface area contributed by atoms with Crippen molar-refractivity contribution in [2.45, 2.75) is 6.92 Å². The van der Waals surface area contributed by atoms with Crippen molar-refractivity contribution in [3.8, 4) is 11.3 Å². The maximum atomic E-state index is 12.6. The molecule has 0 spiro atoms. The molecule has 0 unspecified atom stereocenters. The number of carbonyl (C=O) groups is 2. The van der Waals surface area contributed by atoms with E-state index in [9.17, 15) is 9.59 Å². The molecule has 0 atom stereocenters. The van der Waals surface area contributed by atoms with Crippen LogP contribution in [-0.2, 0) is 4.74 Å². The first-order chi connectivity index (χ1) is 10.7. The first-order valence-electron chi connectivity index (χ1n) is 6.90. The van der Waals surface area contributed by atoms with E-state index in [-0.39, 0.29) is 18.1 Å². The van der Waals surface area contributed by atoms with E-state index >= 15 is 0 Å². The lowest BCUT2D eigenvalue weighted by atomic mass is 10.1. The van der Waals surface area contributed by atoms with Gasteiger partial charge >= 0.3 is 5.97 Å². The fourth-order valence-corrected chi connectivity index (χ4v) is 2.69. The van der Waals surface area contributed by atoms with Crippen molar-refractivity contribution in [3.05, 3.63) is 53.6 Å². The Morgan fingerprint density at radius 3 is 2.82 bits per heavy atom. The van der Waals surface area contributed by atoms with Gasteiger partial charge in [-0.15, -0.1) is 0 Å². The van der Waals surface area contributed by atoms with Gasteiger partial charge in [-0.3, -0.25) is 9.20 Å². The molecule has 0 fully saturated rings. The standard InChI is InChI=1S/C16H11N3O3/c1-2-22-16(21)11-8-19-12(18-11)7-17-13-9-5-3-4-6-10(9)15(20)14(13)19/h3-8H,2H2,1H3. The van der Waals surface area contributed by atoms with E-state index in [1.807, 2.05) is 18.2 Å². The summed E-state index contributed by atoms with van der Waals surface area (Å²) in [5, 5.41) is 0. The van der Waals surface area contributed by atoms with E-state index in [0.717, 1.165) is 5.56 Å². The molecule has 0 bridgehead atoms. The lowest BCUT2D eigenvalue weighted by Gasteiger charge is -2.00. The van der Waals surface area contributed by atoms with Crippen molar-refractivity contribution in [2.75, 3.05) is 6.61 Å². The van der Waals surface area contributed by atoms with Crippen LogP contribution < -0.4 is 0 Å². The van der Waals surface area contributed by atoms with Gasteiger partial charge in [0.05, 0.1) is 18.5 Å². The number of ketones is 1. The van der Waals surface area contributed by atoms with Gasteiger partial charge in [0, 0.05) is 17.3 Å². The van der Waals surface area contributed by atoms with Crippen molar-refractivity contribution in [3.63, 3.8) is 0 Å². The molecule has 0 radical (unpaired) electrons. The first-order valence-corrected chi connectivity index (χ1v) is 6.90. The summed E-state index contributed by atoms with van der Waals surface area (Å²) in [6.07, 6.45) is 3.08. The Labute approximate surface area is 125 Å². The number of esters is 1. The number of imidazole rings is 1. The first kappa shape index (κ1) is 12.7. The normalized spacial score (nSPS) is 12.3. The van der Waals surface area contributed by atoms with Crippen LogP contribution in [0.2, 0.25) is 0 Å². The highest BCUT2D eigenvalue weighted by atomic mass is 16.5. The maximum Gasteiger partial charge on any atom is 0.358 e. The van der Waals surface area contributed by atoms with Crippen molar-refractivity contribution >= 4 is 17.4 Å². The van der Waals surface area contributed by atoms with Crippen LogP contribution in [0.1, 0.15) is 33.5 Å². The number of hydrogen-bond donors (Lipinski definition) is 0. The molecule has 2 aromatic heterocycles. The maximum absolute atomic E-state index is 12.6. The Hall–Kier alpha value is -3.02. The molecule has 4 rings (SSSR count). The molecule has 0 saturated heterocycles. The van der Waals surface area contributed by atoms with Crippen molar-refractivity contribution < 1.29 is 14.3 Å². The van der Waals surface area contributed by atoms with Gasteiger partial charge in [0.15, 0.2) is 11.3 Å². The molecule has 0 N–H and O–H groups in total. The van der Waals surface area contributed by atoms with E-state index in [0.29, 0.717) is 22.6 Å². The quantitative estimate of drug-likeness (QED) is 0.529.